The summed E-state index contributed by atoms with van der Waals surface area (Å²) in [5, 5.41) is 2.82. The lowest BCUT2D eigenvalue weighted by atomic mass is 10.0. The Hall–Kier alpha value is -1.82. The lowest BCUT2D eigenvalue weighted by Gasteiger charge is -2.33. The number of rotatable bonds is 7. The van der Waals surface area contributed by atoms with E-state index in [-0.39, 0.29) is 17.9 Å². The minimum atomic E-state index is -0.202. The van der Waals surface area contributed by atoms with Gasteiger partial charge in [0.05, 0.1) is 19.4 Å². The molecule has 2 rings (SSSR count). The second kappa shape index (κ2) is 8.58. The highest BCUT2D eigenvalue weighted by Gasteiger charge is 2.29. The van der Waals surface area contributed by atoms with Crippen LogP contribution in [0.1, 0.15) is 38.4 Å². The highest BCUT2D eigenvalue weighted by molar-refractivity contribution is 5.77. The van der Waals surface area contributed by atoms with E-state index < -0.39 is 0 Å². The van der Waals surface area contributed by atoms with Gasteiger partial charge >= 0.3 is 5.97 Å². The van der Waals surface area contributed by atoms with Crippen LogP contribution in [0.2, 0.25) is 0 Å². The van der Waals surface area contributed by atoms with Crippen LogP contribution in [0.3, 0.4) is 0 Å². The van der Waals surface area contributed by atoms with Gasteiger partial charge < -0.3 is 14.5 Å². The predicted octanol–water partition coefficient (Wildman–Crippen LogP) is 1.70. The molecule has 1 aliphatic heterocycles. The molecule has 6 heteroatoms. The number of carbonyl (C=O) groups excluding carboxylic acids is 2. The fourth-order valence-electron chi connectivity index (χ4n) is 2.70. The van der Waals surface area contributed by atoms with Gasteiger partial charge in [-0.25, -0.2) is 0 Å². The SMILES string of the molecule is CCOC(=O)[C@@H]1CCCCN1CCC(=O)NCc1ccco1. The van der Waals surface area contributed by atoms with E-state index in [0.29, 0.717) is 26.1 Å². The molecule has 0 aromatic carbocycles. The first-order valence-electron chi connectivity index (χ1n) is 7.90. The Bertz CT molecular complexity index is 473. The van der Waals surface area contributed by atoms with Crippen molar-refractivity contribution in [2.75, 3.05) is 19.7 Å². The zero-order valence-electron chi connectivity index (χ0n) is 13.0. The first-order valence-corrected chi connectivity index (χ1v) is 7.90. The molecule has 0 saturated carbocycles. The number of nitrogens with one attached hydrogen (secondary N) is 1. The summed E-state index contributed by atoms with van der Waals surface area (Å²) in [5.74, 6) is 0.526. The van der Waals surface area contributed by atoms with Crippen LogP contribution >= 0.6 is 0 Å². The molecule has 0 aliphatic carbocycles. The second-order valence-corrected chi connectivity index (χ2v) is 5.41. The Kier molecular flexibility index (Phi) is 6.45. The van der Waals surface area contributed by atoms with E-state index in [1.54, 1.807) is 12.3 Å². The van der Waals surface area contributed by atoms with Gasteiger partial charge in [-0.1, -0.05) is 6.42 Å². The van der Waals surface area contributed by atoms with Gasteiger partial charge in [0.15, 0.2) is 0 Å². The molecule has 6 nitrogen and oxygen atoms in total. The molecule has 1 amide bonds. The van der Waals surface area contributed by atoms with Crippen LogP contribution in [-0.2, 0) is 20.9 Å². The molecule has 1 saturated heterocycles. The van der Waals surface area contributed by atoms with Crippen LogP contribution in [0.15, 0.2) is 22.8 Å². The predicted molar refractivity (Wildman–Crippen MR) is 81.0 cm³/mol. The molecule has 22 heavy (non-hydrogen) atoms. The van der Waals surface area contributed by atoms with Gasteiger partial charge in [0, 0.05) is 13.0 Å². The molecule has 0 unspecified atom stereocenters. The first-order chi connectivity index (χ1) is 10.7. The number of hydrogen-bond donors (Lipinski definition) is 1. The van der Waals surface area contributed by atoms with Gasteiger partial charge in [0.1, 0.15) is 11.8 Å². The smallest absolute Gasteiger partial charge is 0.323 e. The molecule has 122 valence electrons. The Labute approximate surface area is 130 Å². The van der Waals surface area contributed by atoms with Crippen LogP contribution in [0.5, 0.6) is 0 Å². The van der Waals surface area contributed by atoms with Crippen LogP contribution in [-0.4, -0.2) is 42.5 Å². The Morgan fingerprint density at radius 1 is 1.45 bits per heavy atom. The molecule has 1 aromatic heterocycles. The maximum absolute atomic E-state index is 12.0. The summed E-state index contributed by atoms with van der Waals surface area (Å²) in [6.07, 6.45) is 4.86. The van der Waals surface area contributed by atoms with Crippen LogP contribution in [0.4, 0.5) is 0 Å². The highest BCUT2D eigenvalue weighted by atomic mass is 16.5. The van der Waals surface area contributed by atoms with Crippen molar-refractivity contribution in [3.05, 3.63) is 24.2 Å². The summed E-state index contributed by atoms with van der Waals surface area (Å²) in [7, 11) is 0. The number of piperidine rings is 1. The van der Waals surface area contributed by atoms with Crippen LogP contribution < -0.4 is 5.32 Å². The Morgan fingerprint density at radius 2 is 2.32 bits per heavy atom. The van der Waals surface area contributed by atoms with Crippen molar-refractivity contribution < 1.29 is 18.7 Å². The Balaban J connectivity index is 1.75. The monoisotopic (exact) mass is 308 g/mol. The molecular formula is C16H24N2O4. The van der Waals surface area contributed by atoms with Gasteiger partial charge in [-0.2, -0.15) is 0 Å². The molecule has 0 bridgehead atoms. The number of furan rings is 1. The largest absolute Gasteiger partial charge is 0.467 e. The molecule has 0 spiro atoms. The summed E-state index contributed by atoms with van der Waals surface area (Å²) < 4.78 is 10.3. The lowest BCUT2D eigenvalue weighted by molar-refractivity contribution is -0.151. The number of hydrogen-bond acceptors (Lipinski definition) is 5. The third-order valence-electron chi connectivity index (χ3n) is 3.84. The van der Waals surface area contributed by atoms with Gasteiger partial charge in [-0.3, -0.25) is 14.5 Å². The molecule has 1 atom stereocenters. The number of nitrogens with zero attached hydrogens (tertiary/aromatic N) is 1. The van der Waals surface area contributed by atoms with Gasteiger partial charge in [-0.15, -0.1) is 0 Å². The Morgan fingerprint density at radius 3 is 3.05 bits per heavy atom. The zero-order valence-corrected chi connectivity index (χ0v) is 13.0. The molecule has 2 heterocycles. The third kappa shape index (κ3) is 4.87. The third-order valence-corrected chi connectivity index (χ3v) is 3.84. The topological polar surface area (TPSA) is 71.8 Å². The number of carbonyl (C=O) groups is 2. The van der Waals surface area contributed by atoms with E-state index in [2.05, 4.69) is 10.2 Å². The van der Waals surface area contributed by atoms with Gasteiger partial charge in [0.25, 0.3) is 0 Å². The quantitative estimate of drug-likeness (QED) is 0.776. The number of ether oxygens (including phenoxy) is 1. The van der Waals surface area contributed by atoms with Crippen LogP contribution in [0, 0.1) is 0 Å². The van der Waals surface area contributed by atoms with Crippen LogP contribution in [0.25, 0.3) is 0 Å². The normalized spacial score (nSPS) is 18.9. The van der Waals surface area contributed by atoms with Crippen molar-refractivity contribution in [3.63, 3.8) is 0 Å². The van der Waals surface area contributed by atoms with E-state index in [0.717, 1.165) is 31.6 Å². The molecule has 1 aliphatic rings. The highest BCUT2D eigenvalue weighted by Crippen LogP contribution is 2.18. The molecule has 1 aromatic rings. The van der Waals surface area contributed by atoms with Crippen molar-refractivity contribution in [2.45, 2.75) is 45.2 Å². The summed E-state index contributed by atoms with van der Waals surface area (Å²) in [6.45, 7) is 4.02. The number of likely N-dealkylation sites (tertiary alicyclic amines) is 1. The van der Waals surface area contributed by atoms with Gasteiger partial charge in [0.2, 0.25) is 5.91 Å². The van der Waals surface area contributed by atoms with Crippen molar-refractivity contribution in [2.24, 2.45) is 0 Å². The molecule has 1 N–H and O–H groups in total. The van der Waals surface area contributed by atoms with E-state index in [1.165, 1.54) is 0 Å². The fourth-order valence-corrected chi connectivity index (χ4v) is 2.70. The van der Waals surface area contributed by atoms with Gasteiger partial charge in [-0.05, 0) is 38.4 Å². The van der Waals surface area contributed by atoms with Crippen molar-refractivity contribution in [3.8, 4) is 0 Å². The number of esters is 1. The molecule has 1 fully saturated rings. The zero-order chi connectivity index (χ0) is 15.8. The van der Waals surface area contributed by atoms with E-state index in [1.807, 2.05) is 13.0 Å². The minimum Gasteiger partial charge on any atom is -0.467 e. The summed E-state index contributed by atoms with van der Waals surface area (Å²) in [6, 6.07) is 3.41. The average molecular weight is 308 g/mol. The van der Waals surface area contributed by atoms with E-state index in [9.17, 15) is 9.59 Å². The van der Waals surface area contributed by atoms with Crippen molar-refractivity contribution in [1.82, 2.24) is 10.2 Å². The fraction of sp³-hybridized carbons (Fsp3) is 0.625. The maximum Gasteiger partial charge on any atom is 0.323 e. The second-order valence-electron chi connectivity index (χ2n) is 5.41. The first kappa shape index (κ1) is 16.5. The molecule has 0 radical (unpaired) electrons. The standard InChI is InChI=1S/C16H24N2O4/c1-2-21-16(20)14-7-3-4-9-18(14)10-8-15(19)17-12-13-6-5-11-22-13/h5-6,11,14H,2-4,7-10,12H2,1H3,(H,17,19)/t14-/m0/s1. The van der Waals surface area contributed by atoms with E-state index in [4.69, 9.17) is 9.15 Å². The minimum absolute atomic E-state index is 0.0374. The molecular weight excluding hydrogens is 284 g/mol. The summed E-state index contributed by atoms with van der Waals surface area (Å²) >= 11 is 0. The summed E-state index contributed by atoms with van der Waals surface area (Å²) in [4.78, 5) is 25.9. The van der Waals surface area contributed by atoms with Crippen molar-refractivity contribution >= 4 is 11.9 Å². The average Bonchev–Trinajstić information content (AvgIpc) is 3.05. The number of amides is 1. The maximum atomic E-state index is 12.0. The summed E-state index contributed by atoms with van der Waals surface area (Å²) in [5.41, 5.74) is 0. The van der Waals surface area contributed by atoms with Crippen molar-refractivity contribution in [1.29, 1.82) is 0 Å². The lowest BCUT2D eigenvalue weighted by Crippen LogP contribution is -2.46. The van der Waals surface area contributed by atoms with E-state index >= 15 is 0 Å².